The highest BCUT2D eigenvalue weighted by atomic mass is 32.1. The predicted molar refractivity (Wildman–Crippen MR) is 115 cm³/mol. The van der Waals surface area contributed by atoms with Crippen LogP contribution in [-0.4, -0.2) is 23.0 Å². The number of rotatable bonds is 2. The van der Waals surface area contributed by atoms with Crippen LogP contribution in [0.25, 0.3) is 11.0 Å². The van der Waals surface area contributed by atoms with Gasteiger partial charge in [0.15, 0.2) is 0 Å². The van der Waals surface area contributed by atoms with Crippen LogP contribution in [0.4, 0.5) is 0 Å². The fraction of sp³-hybridized carbons (Fsp3) is 0.0833. The molecule has 0 bridgehead atoms. The lowest BCUT2D eigenvalue weighted by Gasteiger charge is -1.98. The summed E-state index contributed by atoms with van der Waals surface area (Å²) in [5, 5.41) is 0. The van der Waals surface area contributed by atoms with Crippen LogP contribution >= 0.6 is 11.7 Å². The molecule has 0 unspecified atom stereocenters. The molecule has 140 valence electrons. The van der Waals surface area contributed by atoms with Gasteiger partial charge in [0.05, 0.1) is 37.1 Å². The molecular weight excluding hydrogens is 380 g/mol. The zero-order valence-electron chi connectivity index (χ0n) is 15.9. The normalized spacial score (nSPS) is 9.86. The molecule has 5 heteroatoms. The monoisotopic (exact) mass is 396 g/mol. The smallest absolute Gasteiger partial charge is 0.121 e. The molecule has 0 N–H and O–H groups in total. The van der Waals surface area contributed by atoms with Crippen LogP contribution < -0.4 is 9.47 Å². The van der Waals surface area contributed by atoms with E-state index in [1.54, 1.807) is 14.2 Å². The van der Waals surface area contributed by atoms with Gasteiger partial charge in [-0.2, -0.15) is 8.75 Å². The van der Waals surface area contributed by atoms with Crippen LogP contribution in [0.1, 0.15) is 22.3 Å². The van der Waals surface area contributed by atoms with Gasteiger partial charge in [0, 0.05) is 11.1 Å². The standard InChI is InChI=1S/C24H16N2O2S/c1-27-21-13-5-17(6-14-21)3-9-19-11-12-20(24-23(19)25-29-26-24)10-4-18-7-15-22(28-2)16-8-18/h5-8,11-16H,1-2H3. The molecule has 29 heavy (non-hydrogen) atoms. The molecule has 0 aliphatic carbocycles. The van der Waals surface area contributed by atoms with Gasteiger partial charge >= 0.3 is 0 Å². The van der Waals surface area contributed by atoms with Crippen molar-refractivity contribution < 1.29 is 9.47 Å². The molecule has 1 heterocycles. The molecule has 0 saturated carbocycles. The Kier molecular flexibility index (Phi) is 5.42. The van der Waals surface area contributed by atoms with Crippen molar-refractivity contribution in [2.75, 3.05) is 14.2 Å². The minimum Gasteiger partial charge on any atom is -0.497 e. The van der Waals surface area contributed by atoms with Gasteiger partial charge in [-0.25, -0.2) is 0 Å². The first kappa shape index (κ1) is 18.6. The van der Waals surface area contributed by atoms with E-state index in [9.17, 15) is 0 Å². The molecule has 4 rings (SSSR count). The molecule has 0 fully saturated rings. The van der Waals surface area contributed by atoms with Crippen molar-refractivity contribution in [3.05, 3.63) is 82.9 Å². The van der Waals surface area contributed by atoms with Crippen molar-refractivity contribution >= 4 is 22.8 Å². The molecule has 3 aromatic carbocycles. The summed E-state index contributed by atoms with van der Waals surface area (Å²) in [5.41, 5.74) is 5.03. The number of aromatic nitrogens is 2. The molecule has 4 aromatic rings. The Hall–Kier alpha value is -3.80. The first-order chi connectivity index (χ1) is 14.3. The van der Waals surface area contributed by atoms with E-state index >= 15 is 0 Å². The zero-order chi connectivity index (χ0) is 20.1. The van der Waals surface area contributed by atoms with E-state index in [0.717, 1.165) is 44.8 Å². The van der Waals surface area contributed by atoms with Crippen LogP contribution in [-0.2, 0) is 0 Å². The fourth-order valence-corrected chi connectivity index (χ4v) is 3.27. The van der Waals surface area contributed by atoms with Crippen molar-refractivity contribution in [1.82, 2.24) is 8.75 Å². The summed E-state index contributed by atoms with van der Waals surface area (Å²) in [4.78, 5) is 0. The summed E-state index contributed by atoms with van der Waals surface area (Å²) in [5.74, 6) is 14.3. The van der Waals surface area contributed by atoms with Gasteiger partial charge in [-0.1, -0.05) is 23.7 Å². The van der Waals surface area contributed by atoms with Crippen molar-refractivity contribution in [2.24, 2.45) is 0 Å². The van der Waals surface area contributed by atoms with Crippen LogP contribution in [0.5, 0.6) is 11.5 Å². The fourth-order valence-electron chi connectivity index (χ4n) is 2.70. The highest BCUT2D eigenvalue weighted by Gasteiger charge is 2.07. The first-order valence-electron chi connectivity index (χ1n) is 8.84. The Morgan fingerprint density at radius 1 is 0.586 bits per heavy atom. The van der Waals surface area contributed by atoms with Crippen LogP contribution in [0.3, 0.4) is 0 Å². The van der Waals surface area contributed by atoms with Crippen molar-refractivity contribution in [3.8, 4) is 35.2 Å². The maximum atomic E-state index is 5.17. The molecule has 0 saturated heterocycles. The lowest BCUT2D eigenvalue weighted by molar-refractivity contribution is 0.414. The van der Waals surface area contributed by atoms with Gasteiger partial charge in [-0.05, 0) is 60.7 Å². The van der Waals surface area contributed by atoms with Gasteiger partial charge in [0.2, 0.25) is 0 Å². The van der Waals surface area contributed by atoms with E-state index in [0.29, 0.717) is 0 Å². The number of ether oxygens (including phenoxy) is 2. The minimum atomic E-state index is 0.776. The molecule has 0 amide bonds. The molecule has 0 atom stereocenters. The van der Waals surface area contributed by atoms with E-state index < -0.39 is 0 Å². The first-order valence-corrected chi connectivity index (χ1v) is 9.57. The third kappa shape index (κ3) is 4.21. The Morgan fingerprint density at radius 2 is 1.00 bits per heavy atom. The molecular formula is C24H16N2O2S. The summed E-state index contributed by atoms with van der Waals surface area (Å²) in [6, 6.07) is 19.2. The Morgan fingerprint density at radius 3 is 1.38 bits per heavy atom. The van der Waals surface area contributed by atoms with E-state index in [1.807, 2.05) is 60.7 Å². The highest BCUT2D eigenvalue weighted by Crippen LogP contribution is 2.20. The summed E-state index contributed by atoms with van der Waals surface area (Å²) in [7, 11) is 3.29. The van der Waals surface area contributed by atoms with E-state index in [1.165, 1.54) is 11.7 Å². The number of hydrogen-bond donors (Lipinski definition) is 0. The predicted octanol–water partition coefficient (Wildman–Crippen LogP) is 4.51. The van der Waals surface area contributed by atoms with Gasteiger partial charge in [-0.15, -0.1) is 0 Å². The minimum absolute atomic E-state index is 0.776. The maximum Gasteiger partial charge on any atom is 0.121 e. The van der Waals surface area contributed by atoms with Gasteiger partial charge < -0.3 is 9.47 Å². The molecule has 1 aromatic heterocycles. The molecule has 0 radical (unpaired) electrons. The van der Waals surface area contributed by atoms with Crippen molar-refractivity contribution in [2.45, 2.75) is 0 Å². The Labute approximate surface area is 173 Å². The SMILES string of the molecule is COc1ccc(C#Cc2ccc(C#Cc3ccc(OC)cc3)c3nsnc23)cc1. The van der Waals surface area contributed by atoms with Gasteiger partial charge in [0.25, 0.3) is 0 Å². The second-order valence-corrected chi connectivity index (χ2v) is 6.61. The summed E-state index contributed by atoms with van der Waals surface area (Å²) < 4.78 is 19.2. The third-order valence-electron chi connectivity index (χ3n) is 4.28. The van der Waals surface area contributed by atoms with Crippen LogP contribution in [0.15, 0.2) is 60.7 Å². The second-order valence-electron chi connectivity index (χ2n) is 6.08. The highest BCUT2D eigenvalue weighted by molar-refractivity contribution is 7.00. The lowest BCUT2D eigenvalue weighted by Crippen LogP contribution is -1.85. The van der Waals surface area contributed by atoms with E-state index in [-0.39, 0.29) is 0 Å². The number of benzene rings is 3. The topological polar surface area (TPSA) is 44.2 Å². The largest absolute Gasteiger partial charge is 0.497 e. The summed E-state index contributed by atoms with van der Waals surface area (Å²) >= 11 is 1.17. The lowest BCUT2D eigenvalue weighted by atomic mass is 10.1. The number of hydrogen-bond acceptors (Lipinski definition) is 5. The maximum absolute atomic E-state index is 5.17. The van der Waals surface area contributed by atoms with Crippen molar-refractivity contribution in [1.29, 1.82) is 0 Å². The van der Waals surface area contributed by atoms with Crippen LogP contribution in [0.2, 0.25) is 0 Å². The third-order valence-corrected chi connectivity index (χ3v) is 4.81. The summed E-state index contributed by atoms with van der Waals surface area (Å²) in [6.45, 7) is 0. The average Bonchev–Trinajstić information content (AvgIpc) is 3.28. The number of fused-ring (bicyclic) bond motifs is 1. The van der Waals surface area contributed by atoms with E-state index in [2.05, 4.69) is 32.4 Å². The summed E-state index contributed by atoms with van der Waals surface area (Å²) in [6.07, 6.45) is 0. The molecule has 4 nitrogen and oxygen atoms in total. The number of nitrogens with zero attached hydrogens (tertiary/aromatic N) is 2. The zero-order valence-corrected chi connectivity index (χ0v) is 16.7. The molecule has 0 aliphatic rings. The molecule has 0 spiro atoms. The van der Waals surface area contributed by atoms with Crippen LogP contribution in [0, 0.1) is 23.7 Å². The van der Waals surface area contributed by atoms with Gasteiger partial charge in [0.1, 0.15) is 22.5 Å². The number of methoxy groups -OCH3 is 2. The molecule has 0 aliphatic heterocycles. The Bertz CT molecular complexity index is 1170. The van der Waals surface area contributed by atoms with Crippen molar-refractivity contribution in [3.63, 3.8) is 0 Å². The Balaban J connectivity index is 1.64. The quantitative estimate of drug-likeness (QED) is 0.468. The van der Waals surface area contributed by atoms with E-state index in [4.69, 9.17) is 9.47 Å². The average molecular weight is 396 g/mol. The van der Waals surface area contributed by atoms with Gasteiger partial charge in [-0.3, -0.25) is 0 Å². The second kappa shape index (κ2) is 8.48.